The summed E-state index contributed by atoms with van der Waals surface area (Å²) in [7, 11) is -3.56. The van der Waals surface area contributed by atoms with Gasteiger partial charge in [0.1, 0.15) is 6.26 Å². The van der Waals surface area contributed by atoms with Crippen molar-refractivity contribution < 1.29 is 22.5 Å². The van der Waals surface area contributed by atoms with Gasteiger partial charge in [0.05, 0.1) is 10.8 Å². The van der Waals surface area contributed by atoms with Crippen LogP contribution in [0.25, 0.3) is 0 Å². The van der Waals surface area contributed by atoms with Crippen LogP contribution in [0.3, 0.4) is 0 Å². The lowest BCUT2D eigenvalue weighted by atomic mass is 10.1. The Hall–Kier alpha value is -2.72. The van der Waals surface area contributed by atoms with Crippen LogP contribution in [-0.4, -0.2) is 49.3 Å². The SMILES string of the molecule is CCN(CC)S(=O)(=O)c1ccc(N2CC(C(=O)Nc3nocc3C)CC2=O)cc1. The van der Waals surface area contributed by atoms with Crippen molar-refractivity contribution in [3.8, 4) is 0 Å². The topological polar surface area (TPSA) is 113 Å². The zero-order valence-corrected chi connectivity index (χ0v) is 17.4. The zero-order valence-electron chi connectivity index (χ0n) is 16.6. The first-order valence-electron chi connectivity index (χ1n) is 9.40. The molecular formula is C19H24N4O5S. The lowest BCUT2D eigenvalue weighted by Gasteiger charge is -2.20. The highest BCUT2D eigenvalue weighted by molar-refractivity contribution is 7.89. The molecule has 10 heteroatoms. The number of hydrogen-bond donors (Lipinski definition) is 1. The fourth-order valence-corrected chi connectivity index (χ4v) is 4.73. The van der Waals surface area contributed by atoms with E-state index in [0.29, 0.717) is 30.2 Å². The first-order chi connectivity index (χ1) is 13.8. The quantitative estimate of drug-likeness (QED) is 0.733. The maximum absolute atomic E-state index is 12.6. The maximum atomic E-state index is 12.6. The van der Waals surface area contributed by atoms with Gasteiger partial charge in [-0.05, 0) is 31.2 Å². The second kappa shape index (κ2) is 8.34. The van der Waals surface area contributed by atoms with Gasteiger partial charge in [0.15, 0.2) is 5.82 Å². The summed E-state index contributed by atoms with van der Waals surface area (Å²) in [6.07, 6.45) is 1.50. The van der Waals surface area contributed by atoms with Gasteiger partial charge in [-0.25, -0.2) is 8.42 Å². The number of carbonyl (C=O) groups excluding carboxylic acids is 2. The molecular weight excluding hydrogens is 396 g/mol. The molecule has 1 aliphatic rings. The fourth-order valence-electron chi connectivity index (χ4n) is 3.27. The van der Waals surface area contributed by atoms with Gasteiger partial charge in [0.2, 0.25) is 21.8 Å². The zero-order chi connectivity index (χ0) is 21.2. The molecule has 0 aliphatic carbocycles. The molecule has 2 heterocycles. The van der Waals surface area contributed by atoms with Crippen molar-refractivity contribution in [3.63, 3.8) is 0 Å². The van der Waals surface area contributed by atoms with E-state index in [9.17, 15) is 18.0 Å². The summed E-state index contributed by atoms with van der Waals surface area (Å²) in [5.74, 6) is -0.690. The Morgan fingerprint density at radius 1 is 1.28 bits per heavy atom. The molecule has 1 saturated heterocycles. The van der Waals surface area contributed by atoms with Crippen LogP contribution in [0.15, 0.2) is 39.9 Å². The highest BCUT2D eigenvalue weighted by Gasteiger charge is 2.35. The molecule has 156 valence electrons. The van der Waals surface area contributed by atoms with Gasteiger partial charge < -0.3 is 14.7 Å². The van der Waals surface area contributed by atoms with Gasteiger partial charge in [0, 0.05) is 37.3 Å². The normalized spacial score (nSPS) is 17.2. The Bertz CT molecular complexity index is 996. The van der Waals surface area contributed by atoms with Crippen molar-refractivity contribution >= 4 is 33.3 Å². The van der Waals surface area contributed by atoms with Crippen LogP contribution in [0, 0.1) is 12.8 Å². The van der Waals surface area contributed by atoms with E-state index < -0.39 is 15.9 Å². The van der Waals surface area contributed by atoms with Crippen molar-refractivity contribution in [2.75, 3.05) is 29.9 Å². The molecule has 9 nitrogen and oxygen atoms in total. The molecule has 29 heavy (non-hydrogen) atoms. The number of rotatable bonds is 7. The smallest absolute Gasteiger partial charge is 0.243 e. The number of aryl methyl sites for hydroxylation is 1. The predicted molar refractivity (Wildman–Crippen MR) is 107 cm³/mol. The van der Waals surface area contributed by atoms with E-state index in [1.807, 2.05) is 0 Å². The number of benzene rings is 1. The van der Waals surface area contributed by atoms with Gasteiger partial charge in [0.25, 0.3) is 0 Å². The van der Waals surface area contributed by atoms with Crippen molar-refractivity contribution in [2.24, 2.45) is 5.92 Å². The van der Waals surface area contributed by atoms with E-state index >= 15 is 0 Å². The Morgan fingerprint density at radius 2 is 1.93 bits per heavy atom. The number of hydrogen-bond acceptors (Lipinski definition) is 6. The van der Waals surface area contributed by atoms with E-state index in [1.54, 1.807) is 32.9 Å². The Labute approximate surface area is 169 Å². The first-order valence-corrected chi connectivity index (χ1v) is 10.8. The number of aromatic nitrogens is 1. The van der Waals surface area contributed by atoms with Crippen LogP contribution in [-0.2, 0) is 19.6 Å². The predicted octanol–water partition coefficient (Wildman–Crippen LogP) is 2.01. The molecule has 1 aromatic heterocycles. The number of anilines is 2. The maximum Gasteiger partial charge on any atom is 0.243 e. The molecule has 1 atom stereocenters. The second-order valence-electron chi connectivity index (χ2n) is 6.82. The van der Waals surface area contributed by atoms with Crippen LogP contribution in [0.4, 0.5) is 11.5 Å². The third kappa shape index (κ3) is 4.18. The number of amides is 2. The minimum absolute atomic E-state index is 0.0717. The summed E-state index contributed by atoms with van der Waals surface area (Å²) in [6.45, 7) is 6.30. The van der Waals surface area contributed by atoms with Crippen molar-refractivity contribution in [1.82, 2.24) is 9.46 Å². The third-order valence-electron chi connectivity index (χ3n) is 4.98. The molecule has 1 fully saturated rings. The van der Waals surface area contributed by atoms with Crippen LogP contribution < -0.4 is 10.2 Å². The Balaban J connectivity index is 1.72. The van der Waals surface area contributed by atoms with E-state index in [2.05, 4.69) is 10.5 Å². The average Bonchev–Trinajstić information content (AvgIpc) is 3.28. The summed E-state index contributed by atoms with van der Waals surface area (Å²) >= 11 is 0. The monoisotopic (exact) mass is 420 g/mol. The van der Waals surface area contributed by atoms with Gasteiger partial charge in [-0.1, -0.05) is 19.0 Å². The van der Waals surface area contributed by atoms with E-state index in [4.69, 9.17) is 4.52 Å². The van der Waals surface area contributed by atoms with E-state index in [1.165, 1.54) is 27.6 Å². The second-order valence-corrected chi connectivity index (χ2v) is 8.76. The average molecular weight is 420 g/mol. The molecule has 0 saturated carbocycles. The molecule has 2 aromatic rings. The lowest BCUT2D eigenvalue weighted by molar-refractivity contribution is -0.122. The largest absolute Gasteiger partial charge is 0.362 e. The van der Waals surface area contributed by atoms with Gasteiger partial charge in [-0.2, -0.15) is 4.31 Å². The fraction of sp³-hybridized carbons (Fsp3) is 0.421. The first kappa shape index (κ1) is 21.0. The minimum Gasteiger partial charge on any atom is -0.362 e. The van der Waals surface area contributed by atoms with Crippen LogP contribution in [0.2, 0.25) is 0 Å². The highest BCUT2D eigenvalue weighted by Crippen LogP contribution is 2.28. The van der Waals surface area contributed by atoms with Crippen molar-refractivity contribution in [2.45, 2.75) is 32.1 Å². The van der Waals surface area contributed by atoms with Crippen LogP contribution in [0.1, 0.15) is 25.8 Å². The van der Waals surface area contributed by atoms with E-state index in [0.717, 1.165) is 0 Å². The summed E-state index contributed by atoms with van der Waals surface area (Å²) in [5, 5.41) is 6.39. The van der Waals surface area contributed by atoms with Gasteiger partial charge in [-0.15, -0.1) is 0 Å². The molecule has 0 bridgehead atoms. The molecule has 3 rings (SSSR count). The highest BCUT2D eigenvalue weighted by atomic mass is 32.2. The molecule has 1 aliphatic heterocycles. The van der Waals surface area contributed by atoms with Gasteiger partial charge >= 0.3 is 0 Å². The van der Waals surface area contributed by atoms with Crippen molar-refractivity contribution in [1.29, 1.82) is 0 Å². The molecule has 1 N–H and O–H groups in total. The summed E-state index contributed by atoms with van der Waals surface area (Å²) < 4.78 is 31.3. The van der Waals surface area contributed by atoms with E-state index in [-0.39, 0.29) is 29.7 Å². The Kier molecular flexibility index (Phi) is 6.04. The molecule has 1 aromatic carbocycles. The minimum atomic E-state index is -3.56. The van der Waals surface area contributed by atoms with Crippen molar-refractivity contribution in [3.05, 3.63) is 36.1 Å². The number of nitrogens with one attached hydrogen (secondary N) is 1. The number of sulfonamides is 1. The summed E-state index contributed by atoms with van der Waals surface area (Å²) in [4.78, 5) is 26.6. The Morgan fingerprint density at radius 3 is 2.48 bits per heavy atom. The standard InChI is InChI=1S/C19H24N4O5S/c1-4-22(5-2)29(26,27)16-8-6-15(7-9-16)23-11-14(10-17(23)24)19(25)20-18-13(3)12-28-21-18/h6-9,12,14H,4-5,10-11H2,1-3H3,(H,20,21,25). The molecule has 0 radical (unpaired) electrons. The molecule has 2 amide bonds. The van der Waals surface area contributed by atoms with Gasteiger partial charge in [-0.3, -0.25) is 9.59 Å². The van der Waals surface area contributed by atoms with Crippen LogP contribution >= 0.6 is 0 Å². The van der Waals surface area contributed by atoms with Crippen LogP contribution in [0.5, 0.6) is 0 Å². The lowest BCUT2D eigenvalue weighted by Crippen LogP contribution is -2.31. The summed E-state index contributed by atoms with van der Waals surface area (Å²) in [6, 6.07) is 6.16. The molecule has 1 unspecified atom stereocenters. The molecule has 0 spiro atoms. The number of nitrogens with zero attached hydrogens (tertiary/aromatic N) is 3. The number of carbonyl (C=O) groups is 2. The summed E-state index contributed by atoms with van der Waals surface area (Å²) in [5.41, 5.74) is 1.26. The third-order valence-corrected chi connectivity index (χ3v) is 7.04.